The summed E-state index contributed by atoms with van der Waals surface area (Å²) in [6.45, 7) is 0.455. The van der Waals surface area contributed by atoms with E-state index < -0.39 is 12.1 Å². The minimum atomic E-state index is -1.03. The van der Waals surface area contributed by atoms with Gasteiger partial charge in [-0.2, -0.15) is 0 Å². The minimum absolute atomic E-state index is 0.362. The lowest BCUT2D eigenvalue weighted by molar-refractivity contribution is -0.130. The van der Waals surface area contributed by atoms with Crippen LogP contribution >= 0.6 is 11.3 Å². The molecule has 0 bridgehead atoms. The molecule has 1 N–H and O–H groups in total. The van der Waals surface area contributed by atoms with Gasteiger partial charge in [-0.3, -0.25) is 9.78 Å². The van der Waals surface area contributed by atoms with Crippen molar-refractivity contribution in [2.24, 2.45) is 0 Å². The van der Waals surface area contributed by atoms with E-state index in [9.17, 15) is 9.59 Å². The normalized spacial score (nSPS) is 11.5. The minimum Gasteiger partial charge on any atom is -0.443 e. The number of hydrogen-bond acceptors (Lipinski definition) is 5. The van der Waals surface area contributed by atoms with Gasteiger partial charge in [-0.15, -0.1) is 11.3 Å². The number of nitrogens with one attached hydrogen (secondary N) is 1. The van der Waals surface area contributed by atoms with Crippen LogP contribution in [0.25, 0.3) is 0 Å². The van der Waals surface area contributed by atoms with Crippen LogP contribution in [0.2, 0.25) is 0 Å². The molecule has 0 saturated carbocycles. The molecule has 0 aliphatic rings. The van der Waals surface area contributed by atoms with Gasteiger partial charge in [-0.05, 0) is 29.5 Å². The Bertz CT molecular complexity index is 836. The quantitative estimate of drug-likeness (QED) is 0.651. The molecule has 0 spiro atoms. The first kappa shape index (κ1) is 17.8. The van der Waals surface area contributed by atoms with E-state index in [1.807, 2.05) is 30.3 Å². The lowest BCUT2D eigenvalue weighted by atomic mass is 10.1. The Kier molecular flexibility index (Phi) is 6.11. The number of esters is 1. The Labute approximate surface area is 155 Å². The van der Waals surface area contributed by atoms with Crippen LogP contribution < -0.4 is 5.32 Å². The number of carbonyl (C=O) groups excluding carboxylic acids is 2. The second kappa shape index (κ2) is 8.92. The fourth-order valence-electron chi connectivity index (χ4n) is 2.43. The van der Waals surface area contributed by atoms with E-state index >= 15 is 0 Å². The Morgan fingerprint density at radius 3 is 2.62 bits per heavy atom. The second-order valence-electron chi connectivity index (χ2n) is 5.58. The zero-order chi connectivity index (χ0) is 18.2. The number of aromatic nitrogens is 1. The lowest BCUT2D eigenvalue weighted by Gasteiger charge is -2.17. The van der Waals surface area contributed by atoms with Crippen molar-refractivity contribution in [1.29, 1.82) is 0 Å². The Morgan fingerprint density at radius 1 is 1.08 bits per heavy atom. The number of ether oxygens (including phenoxy) is 1. The lowest BCUT2D eigenvalue weighted by Crippen LogP contribution is -2.33. The number of nitrogens with zero attached hydrogens (tertiary/aromatic N) is 1. The molecule has 132 valence electrons. The molecule has 26 heavy (non-hydrogen) atoms. The van der Waals surface area contributed by atoms with Gasteiger partial charge in [0.1, 0.15) is 4.88 Å². The van der Waals surface area contributed by atoms with Gasteiger partial charge >= 0.3 is 5.97 Å². The second-order valence-corrected chi connectivity index (χ2v) is 6.52. The molecule has 1 unspecified atom stereocenters. The number of benzene rings is 1. The number of amides is 1. The summed E-state index contributed by atoms with van der Waals surface area (Å²) in [5.74, 6) is -0.883. The van der Waals surface area contributed by atoms with Crippen LogP contribution in [0.3, 0.4) is 0 Å². The van der Waals surface area contributed by atoms with E-state index in [0.717, 1.165) is 5.56 Å². The summed E-state index contributed by atoms with van der Waals surface area (Å²) in [4.78, 5) is 29.4. The molecule has 1 amide bonds. The highest BCUT2D eigenvalue weighted by Crippen LogP contribution is 2.20. The number of rotatable bonds is 7. The summed E-state index contributed by atoms with van der Waals surface area (Å²) >= 11 is 1.27. The molecule has 3 aromatic rings. The fourth-order valence-corrected chi connectivity index (χ4v) is 3.04. The summed E-state index contributed by atoms with van der Waals surface area (Å²) in [7, 11) is 0. The van der Waals surface area contributed by atoms with E-state index in [4.69, 9.17) is 4.74 Å². The summed E-state index contributed by atoms with van der Waals surface area (Å²) in [6.07, 6.45) is 2.80. The van der Waals surface area contributed by atoms with E-state index in [1.54, 1.807) is 35.8 Å². The average Bonchev–Trinajstić information content (AvgIpc) is 3.22. The van der Waals surface area contributed by atoms with Gasteiger partial charge in [0, 0.05) is 24.5 Å². The van der Waals surface area contributed by atoms with Gasteiger partial charge in [-0.25, -0.2) is 4.79 Å². The fraction of sp³-hybridized carbons (Fsp3) is 0.150. The monoisotopic (exact) mass is 366 g/mol. The summed E-state index contributed by atoms with van der Waals surface area (Å²) in [5, 5.41) is 4.63. The zero-order valence-electron chi connectivity index (χ0n) is 14.0. The van der Waals surface area contributed by atoms with Crippen molar-refractivity contribution in [3.8, 4) is 0 Å². The molecular formula is C20H18N2O3S. The number of pyridine rings is 1. The highest BCUT2D eigenvalue weighted by molar-refractivity contribution is 7.11. The van der Waals surface area contributed by atoms with Gasteiger partial charge in [0.25, 0.3) is 5.91 Å². The number of thiophene rings is 1. The summed E-state index contributed by atoms with van der Waals surface area (Å²) in [6, 6.07) is 16.7. The first-order chi connectivity index (χ1) is 12.7. The molecule has 0 saturated heterocycles. The Morgan fingerprint density at radius 2 is 1.92 bits per heavy atom. The molecule has 0 radical (unpaired) electrons. The molecular weight excluding hydrogens is 348 g/mol. The Hall–Kier alpha value is -2.99. The van der Waals surface area contributed by atoms with Crippen molar-refractivity contribution >= 4 is 23.2 Å². The maximum Gasteiger partial charge on any atom is 0.349 e. The predicted molar refractivity (Wildman–Crippen MR) is 99.9 cm³/mol. The molecule has 0 aliphatic carbocycles. The van der Waals surface area contributed by atoms with Crippen LogP contribution in [0.4, 0.5) is 0 Å². The number of carbonyl (C=O) groups is 2. The van der Waals surface area contributed by atoms with Crippen LogP contribution in [0.15, 0.2) is 72.4 Å². The van der Waals surface area contributed by atoms with Crippen LogP contribution in [0.5, 0.6) is 0 Å². The smallest absolute Gasteiger partial charge is 0.349 e. The summed E-state index contributed by atoms with van der Waals surface area (Å²) < 4.78 is 5.46. The molecule has 1 aromatic carbocycles. The maximum absolute atomic E-state index is 12.6. The van der Waals surface area contributed by atoms with Crippen molar-refractivity contribution in [1.82, 2.24) is 10.3 Å². The zero-order valence-corrected chi connectivity index (χ0v) is 14.8. The number of hydrogen-bond donors (Lipinski definition) is 1. The molecule has 2 aromatic heterocycles. The van der Waals surface area contributed by atoms with Gasteiger partial charge < -0.3 is 10.1 Å². The SMILES string of the molecule is O=C(OC(C(=O)NCCc1ccccc1)c1cccnc1)c1cccs1. The molecule has 2 heterocycles. The average molecular weight is 366 g/mol. The molecule has 6 heteroatoms. The third-order valence-electron chi connectivity index (χ3n) is 3.73. The van der Waals surface area contributed by atoms with Crippen LogP contribution in [-0.4, -0.2) is 23.4 Å². The van der Waals surface area contributed by atoms with Crippen molar-refractivity contribution in [2.45, 2.75) is 12.5 Å². The van der Waals surface area contributed by atoms with Crippen molar-refractivity contribution < 1.29 is 14.3 Å². The highest BCUT2D eigenvalue weighted by atomic mass is 32.1. The third-order valence-corrected chi connectivity index (χ3v) is 4.58. The highest BCUT2D eigenvalue weighted by Gasteiger charge is 2.26. The van der Waals surface area contributed by atoms with E-state index in [1.165, 1.54) is 17.5 Å². The van der Waals surface area contributed by atoms with Crippen LogP contribution in [0, 0.1) is 0 Å². The van der Waals surface area contributed by atoms with Gasteiger partial charge in [0.2, 0.25) is 6.10 Å². The first-order valence-corrected chi connectivity index (χ1v) is 9.08. The first-order valence-electron chi connectivity index (χ1n) is 8.20. The Balaban J connectivity index is 1.66. The van der Waals surface area contributed by atoms with Crippen molar-refractivity contribution in [3.63, 3.8) is 0 Å². The van der Waals surface area contributed by atoms with E-state index in [0.29, 0.717) is 23.4 Å². The van der Waals surface area contributed by atoms with Crippen molar-refractivity contribution in [3.05, 3.63) is 88.4 Å². The van der Waals surface area contributed by atoms with Crippen LogP contribution in [0.1, 0.15) is 26.9 Å². The third kappa shape index (κ3) is 4.77. The van der Waals surface area contributed by atoms with Gasteiger partial charge in [0.05, 0.1) is 0 Å². The molecule has 1 atom stereocenters. The van der Waals surface area contributed by atoms with Gasteiger partial charge in [0.15, 0.2) is 0 Å². The molecule has 0 fully saturated rings. The van der Waals surface area contributed by atoms with Crippen molar-refractivity contribution in [2.75, 3.05) is 6.54 Å². The maximum atomic E-state index is 12.6. The molecule has 3 rings (SSSR count). The largest absolute Gasteiger partial charge is 0.443 e. The van der Waals surface area contributed by atoms with Crippen LogP contribution in [-0.2, 0) is 16.0 Å². The molecule has 0 aliphatic heterocycles. The van der Waals surface area contributed by atoms with Gasteiger partial charge in [-0.1, -0.05) is 42.5 Å². The van der Waals surface area contributed by atoms with E-state index in [-0.39, 0.29) is 5.91 Å². The standard InChI is InChI=1S/C20H18N2O3S/c23-19(22-12-10-15-6-2-1-3-7-15)18(16-8-4-11-21-14-16)25-20(24)17-9-5-13-26-17/h1-9,11,13-14,18H,10,12H2,(H,22,23). The molecule has 5 nitrogen and oxygen atoms in total. The summed E-state index contributed by atoms with van der Waals surface area (Å²) in [5.41, 5.74) is 1.66. The van der Waals surface area contributed by atoms with E-state index in [2.05, 4.69) is 10.3 Å². The topological polar surface area (TPSA) is 68.3 Å². The predicted octanol–water partition coefficient (Wildman–Crippen LogP) is 3.40.